The molecule has 6 nitrogen and oxygen atoms in total. The van der Waals surface area contributed by atoms with Gasteiger partial charge in [-0.05, 0) is 54.2 Å². The van der Waals surface area contributed by atoms with Crippen molar-refractivity contribution >= 4 is 29.0 Å². The molecule has 2 aromatic carbocycles. The first kappa shape index (κ1) is 21.3. The molecule has 10 heteroatoms. The highest BCUT2D eigenvalue weighted by atomic mass is 32.1. The van der Waals surface area contributed by atoms with Crippen LogP contribution in [0.5, 0.6) is 11.5 Å². The molecule has 28 heavy (non-hydrogen) atoms. The molecule has 0 amide bonds. The summed E-state index contributed by atoms with van der Waals surface area (Å²) in [6, 6.07) is 10.2. The van der Waals surface area contributed by atoms with E-state index in [1.54, 1.807) is 18.2 Å². The summed E-state index contributed by atoms with van der Waals surface area (Å²) in [5.41, 5.74) is 1.51. The van der Waals surface area contributed by atoms with Gasteiger partial charge in [-0.25, -0.2) is 4.79 Å². The Balaban J connectivity index is 1.94. The summed E-state index contributed by atoms with van der Waals surface area (Å²) in [5.74, 6) is -0.469. The van der Waals surface area contributed by atoms with Crippen molar-refractivity contribution in [3.63, 3.8) is 0 Å². The van der Waals surface area contributed by atoms with E-state index in [1.807, 2.05) is 0 Å². The third kappa shape index (κ3) is 6.31. The van der Waals surface area contributed by atoms with Gasteiger partial charge in [-0.2, -0.15) is 0 Å². The van der Waals surface area contributed by atoms with Gasteiger partial charge in [-0.15, -0.1) is 13.2 Å². The van der Waals surface area contributed by atoms with E-state index >= 15 is 0 Å². The molecule has 2 rings (SSSR count). The third-order valence-corrected chi connectivity index (χ3v) is 3.71. The Labute approximate surface area is 164 Å². The molecule has 0 atom stereocenters. The zero-order valence-corrected chi connectivity index (χ0v) is 15.7. The molecular formula is C18H17F3N2O4S. The number of hydrogen-bond donors (Lipinski definition) is 2. The predicted molar refractivity (Wildman–Crippen MR) is 101 cm³/mol. The Morgan fingerprint density at radius 3 is 2.36 bits per heavy atom. The first-order chi connectivity index (χ1) is 13.2. The summed E-state index contributed by atoms with van der Waals surface area (Å²) in [7, 11) is 2.72. The van der Waals surface area contributed by atoms with Gasteiger partial charge >= 0.3 is 12.3 Å². The predicted octanol–water partition coefficient (Wildman–Crippen LogP) is 3.87. The van der Waals surface area contributed by atoms with Gasteiger partial charge in [-0.3, -0.25) is 0 Å². The largest absolute Gasteiger partial charge is 0.573 e. The van der Waals surface area contributed by atoms with Gasteiger partial charge in [0, 0.05) is 12.2 Å². The van der Waals surface area contributed by atoms with Crippen molar-refractivity contribution in [1.29, 1.82) is 0 Å². The Morgan fingerprint density at radius 2 is 1.79 bits per heavy atom. The monoisotopic (exact) mass is 414 g/mol. The number of alkyl halides is 3. The van der Waals surface area contributed by atoms with Crippen molar-refractivity contribution in [2.75, 3.05) is 19.5 Å². The van der Waals surface area contributed by atoms with Crippen LogP contribution in [0.25, 0.3) is 0 Å². The molecule has 0 saturated heterocycles. The highest BCUT2D eigenvalue weighted by Gasteiger charge is 2.30. The van der Waals surface area contributed by atoms with E-state index in [1.165, 1.54) is 38.5 Å². The van der Waals surface area contributed by atoms with Crippen LogP contribution in [0, 0.1) is 0 Å². The van der Waals surface area contributed by atoms with Crippen molar-refractivity contribution in [3.8, 4) is 11.5 Å². The maximum atomic E-state index is 12.2. The normalized spacial score (nSPS) is 10.8. The summed E-state index contributed by atoms with van der Waals surface area (Å²) in [6.45, 7) is 0.301. The zero-order chi connectivity index (χ0) is 20.7. The Kier molecular flexibility index (Phi) is 7.05. The summed E-state index contributed by atoms with van der Waals surface area (Å²) >= 11 is 5.16. The summed E-state index contributed by atoms with van der Waals surface area (Å²) < 4.78 is 50.1. The lowest BCUT2D eigenvalue weighted by molar-refractivity contribution is -0.274. The van der Waals surface area contributed by atoms with E-state index in [2.05, 4.69) is 15.4 Å². The molecule has 0 unspecified atom stereocenters. The molecule has 0 aromatic heterocycles. The maximum Gasteiger partial charge on any atom is 0.573 e. The highest BCUT2D eigenvalue weighted by molar-refractivity contribution is 7.80. The van der Waals surface area contributed by atoms with E-state index < -0.39 is 12.3 Å². The smallest absolute Gasteiger partial charge is 0.496 e. The first-order valence-electron chi connectivity index (χ1n) is 7.87. The number of benzene rings is 2. The number of hydrogen-bond acceptors (Lipinski definition) is 5. The van der Waals surface area contributed by atoms with Crippen LogP contribution in [-0.4, -0.2) is 31.7 Å². The molecule has 0 bridgehead atoms. The van der Waals surface area contributed by atoms with Gasteiger partial charge in [0.2, 0.25) is 0 Å². The van der Waals surface area contributed by atoms with Gasteiger partial charge in [-0.1, -0.05) is 6.07 Å². The zero-order valence-electron chi connectivity index (χ0n) is 14.9. The van der Waals surface area contributed by atoms with Crippen LogP contribution in [-0.2, 0) is 11.3 Å². The summed E-state index contributed by atoms with van der Waals surface area (Å²) in [6.07, 6.45) is -4.74. The average molecular weight is 414 g/mol. The van der Waals surface area contributed by atoms with Crippen LogP contribution in [0.1, 0.15) is 15.9 Å². The van der Waals surface area contributed by atoms with Crippen LogP contribution < -0.4 is 20.1 Å². The number of esters is 1. The number of rotatable bonds is 6. The molecule has 0 fully saturated rings. The third-order valence-electron chi connectivity index (χ3n) is 3.47. The van der Waals surface area contributed by atoms with Crippen molar-refractivity contribution in [2.24, 2.45) is 0 Å². The number of ether oxygens (including phenoxy) is 3. The van der Waals surface area contributed by atoms with Crippen LogP contribution in [0.2, 0.25) is 0 Å². The van der Waals surface area contributed by atoms with E-state index in [0.717, 1.165) is 5.56 Å². The Hall–Kier alpha value is -3.01. The molecular weight excluding hydrogens is 397 g/mol. The fourth-order valence-corrected chi connectivity index (χ4v) is 2.42. The molecule has 150 valence electrons. The second kappa shape index (κ2) is 9.27. The Bertz CT molecular complexity index is 842. The topological polar surface area (TPSA) is 68.8 Å². The summed E-state index contributed by atoms with van der Waals surface area (Å²) in [5, 5.41) is 6.03. The van der Waals surface area contributed by atoms with Crippen LogP contribution >= 0.6 is 12.2 Å². The molecule has 2 N–H and O–H groups in total. The minimum atomic E-state index is -4.74. The van der Waals surface area contributed by atoms with Gasteiger partial charge in [0.05, 0.1) is 14.2 Å². The number of nitrogens with one attached hydrogen (secondary N) is 2. The second-order valence-corrected chi connectivity index (χ2v) is 5.81. The van der Waals surface area contributed by atoms with E-state index in [-0.39, 0.29) is 16.4 Å². The first-order valence-corrected chi connectivity index (χ1v) is 8.28. The minimum Gasteiger partial charge on any atom is -0.496 e. The van der Waals surface area contributed by atoms with Crippen LogP contribution in [0.15, 0.2) is 42.5 Å². The number of thiocarbonyl (C=S) groups is 1. The molecule has 0 heterocycles. The fourth-order valence-electron chi connectivity index (χ4n) is 2.23. The number of halogens is 3. The van der Waals surface area contributed by atoms with Crippen molar-refractivity contribution < 1.29 is 32.2 Å². The van der Waals surface area contributed by atoms with Crippen molar-refractivity contribution in [1.82, 2.24) is 5.32 Å². The molecule has 2 aromatic rings. The molecule has 0 radical (unpaired) electrons. The van der Waals surface area contributed by atoms with E-state index in [9.17, 15) is 18.0 Å². The molecule has 0 aliphatic carbocycles. The lowest BCUT2D eigenvalue weighted by Gasteiger charge is -2.13. The van der Waals surface area contributed by atoms with Crippen LogP contribution in [0.4, 0.5) is 18.9 Å². The SMILES string of the molecule is COC(=O)c1cc(CNC(=S)Nc2ccc(OC(F)(F)F)cc2)ccc1OC. The number of carbonyl (C=O) groups is 1. The molecule has 0 aliphatic rings. The number of carbonyl (C=O) groups excluding carboxylic acids is 1. The standard InChI is InChI=1S/C18H17F3N2O4S/c1-25-15-8-3-11(9-14(15)16(24)26-2)10-22-17(28)23-12-4-6-13(7-5-12)27-18(19,20)21/h3-9H,10H2,1-2H3,(H2,22,23,28). The van der Waals surface area contributed by atoms with Crippen molar-refractivity contribution in [3.05, 3.63) is 53.6 Å². The van der Waals surface area contributed by atoms with E-state index in [4.69, 9.17) is 21.7 Å². The lowest BCUT2D eigenvalue weighted by atomic mass is 10.1. The highest BCUT2D eigenvalue weighted by Crippen LogP contribution is 2.24. The van der Waals surface area contributed by atoms with Gasteiger partial charge in [0.1, 0.15) is 17.1 Å². The maximum absolute atomic E-state index is 12.2. The number of anilines is 1. The average Bonchev–Trinajstić information content (AvgIpc) is 2.66. The Morgan fingerprint density at radius 1 is 1.11 bits per heavy atom. The summed E-state index contributed by atoms with van der Waals surface area (Å²) in [4.78, 5) is 11.8. The van der Waals surface area contributed by atoms with Crippen molar-refractivity contribution in [2.45, 2.75) is 12.9 Å². The molecule has 0 spiro atoms. The number of methoxy groups -OCH3 is 2. The molecule has 0 aliphatic heterocycles. The second-order valence-electron chi connectivity index (χ2n) is 5.41. The quantitative estimate of drug-likeness (QED) is 0.549. The van der Waals surface area contributed by atoms with Crippen LogP contribution in [0.3, 0.4) is 0 Å². The molecule has 0 saturated carbocycles. The fraction of sp³-hybridized carbons (Fsp3) is 0.222. The van der Waals surface area contributed by atoms with Gasteiger partial charge < -0.3 is 24.8 Å². The van der Waals surface area contributed by atoms with Gasteiger partial charge in [0.15, 0.2) is 5.11 Å². The van der Waals surface area contributed by atoms with Gasteiger partial charge in [0.25, 0.3) is 0 Å². The minimum absolute atomic E-state index is 0.250. The lowest BCUT2D eigenvalue weighted by Crippen LogP contribution is -2.28. The van der Waals surface area contributed by atoms with E-state index in [0.29, 0.717) is 18.0 Å².